The van der Waals surface area contributed by atoms with E-state index in [2.05, 4.69) is 4.98 Å². The molecule has 9 heteroatoms. The van der Waals surface area contributed by atoms with Crippen molar-refractivity contribution >= 4 is 15.7 Å². The summed E-state index contributed by atoms with van der Waals surface area (Å²) in [7, 11) is -3.14. The standard InChI is InChI=1S/C19H23N3O5S/c1-14-9-17(23)10-19(25)21(14)7-4-18(24)22(12-15-3-2-6-20-11-15)16-5-8-28(26,27)13-16/h2-3,6,9-11,16,23H,4-5,7-8,12-13H2,1H3. The second kappa shape index (κ2) is 8.14. The molecule has 0 spiro atoms. The molecule has 1 fully saturated rings. The van der Waals surface area contributed by atoms with Crippen molar-refractivity contribution in [2.24, 2.45) is 0 Å². The van der Waals surface area contributed by atoms with E-state index in [0.717, 1.165) is 11.6 Å². The lowest BCUT2D eigenvalue weighted by molar-refractivity contribution is -0.134. The molecule has 1 aliphatic heterocycles. The molecule has 2 aromatic rings. The molecule has 0 bridgehead atoms. The first-order valence-electron chi connectivity index (χ1n) is 9.04. The van der Waals surface area contributed by atoms with Gasteiger partial charge < -0.3 is 14.6 Å². The van der Waals surface area contributed by atoms with Crippen LogP contribution in [0.2, 0.25) is 0 Å². The quantitative estimate of drug-likeness (QED) is 0.763. The highest BCUT2D eigenvalue weighted by molar-refractivity contribution is 7.91. The van der Waals surface area contributed by atoms with Gasteiger partial charge >= 0.3 is 0 Å². The molecule has 3 heterocycles. The van der Waals surface area contributed by atoms with E-state index >= 15 is 0 Å². The predicted octanol–water partition coefficient (Wildman–Crippen LogP) is 0.863. The smallest absolute Gasteiger partial charge is 0.254 e. The van der Waals surface area contributed by atoms with E-state index in [0.29, 0.717) is 12.1 Å². The Morgan fingerprint density at radius 3 is 2.79 bits per heavy atom. The third-order valence-electron chi connectivity index (χ3n) is 4.91. The Hall–Kier alpha value is -2.68. The molecule has 150 valence electrons. The van der Waals surface area contributed by atoms with Crippen LogP contribution < -0.4 is 5.56 Å². The highest BCUT2D eigenvalue weighted by Crippen LogP contribution is 2.21. The molecule has 2 aromatic heterocycles. The van der Waals surface area contributed by atoms with Crippen molar-refractivity contribution in [3.63, 3.8) is 0 Å². The van der Waals surface area contributed by atoms with Gasteiger partial charge in [0.2, 0.25) is 5.91 Å². The Kier molecular flexibility index (Phi) is 5.83. The number of rotatable bonds is 6. The van der Waals surface area contributed by atoms with Gasteiger partial charge in [-0.05, 0) is 31.0 Å². The lowest BCUT2D eigenvalue weighted by Gasteiger charge is -2.28. The number of aromatic nitrogens is 2. The van der Waals surface area contributed by atoms with Crippen LogP contribution in [-0.4, -0.2) is 51.4 Å². The van der Waals surface area contributed by atoms with Gasteiger partial charge in [0, 0.05) is 49.7 Å². The minimum absolute atomic E-state index is 0.0445. The molecule has 1 amide bonds. The van der Waals surface area contributed by atoms with Gasteiger partial charge in [-0.25, -0.2) is 8.42 Å². The lowest BCUT2D eigenvalue weighted by atomic mass is 10.1. The van der Waals surface area contributed by atoms with Crippen LogP contribution in [0.3, 0.4) is 0 Å². The molecule has 28 heavy (non-hydrogen) atoms. The second-order valence-electron chi connectivity index (χ2n) is 7.03. The summed E-state index contributed by atoms with van der Waals surface area (Å²) in [6, 6.07) is 5.79. The number of hydrogen-bond donors (Lipinski definition) is 1. The fourth-order valence-electron chi connectivity index (χ4n) is 3.48. The molecule has 8 nitrogen and oxygen atoms in total. The SMILES string of the molecule is Cc1cc(O)cc(=O)n1CCC(=O)N(Cc1cccnc1)C1CCS(=O)(=O)C1. The minimum atomic E-state index is -3.14. The predicted molar refractivity (Wildman–Crippen MR) is 104 cm³/mol. The van der Waals surface area contributed by atoms with Crippen LogP contribution in [0.15, 0.2) is 41.5 Å². The van der Waals surface area contributed by atoms with E-state index < -0.39 is 9.84 Å². The van der Waals surface area contributed by atoms with Crippen molar-refractivity contribution < 1.29 is 18.3 Å². The number of sulfone groups is 1. The largest absolute Gasteiger partial charge is 0.508 e. The van der Waals surface area contributed by atoms with Crippen molar-refractivity contribution in [2.45, 2.75) is 38.9 Å². The lowest BCUT2D eigenvalue weighted by Crippen LogP contribution is -2.41. The van der Waals surface area contributed by atoms with Crippen LogP contribution in [0.4, 0.5) is 0 Å². The van der Waals surface area contributed by atoms with E-state index in [1.54, 1.807) is 30.3 Å². The van der Waals surface area contributed by atoms with E-state index in [4.69, 9.17) is 0 Å². The summed E-state index contributed by atoms with van der Waals surface area (Å²) in [6.45, 7) is 2.12. The Morgan fingerprint density at radius 1 is 1.39 bits per heavy atom. The molecule has 0 aliphatic carbocycles. The highest BCUT2D eigenvalue weighted by Gasteiger charge is 2.34. The van der Waals surface area contributed by atoms with Crippen molar-refractivity contribution in [1.29, 1.82) is 0 Å². The highest BCUT2D eigenvalue weighted by atomic mass is 32.2. The van der Waals surface area contributed by atoms with Crippen molar-refractivity contribution in [2.75, 3.05) is 11.5 Å². The van der Waals surface area contributed by atoms with Crippen molar-refractivity contribution in [3.8, 4) is 5.75 Å². The average Bonchev–Trinajstić information content (AvgIpc) is 2.99. The van der Waals surface area contributed by atoms with Gasteiger partial charge in [-0.15, -0.1) is 0 Å². The van der Waals surface area contributed by atoms with Crippen LogP contribution in [0.1, 0.15) is 24.1 Å². The number of aryl methyl sites for hydroxylation is 1. The maximum Gasteiger partial charge on any atom is 0.254 e. The Balaban J connectivity index is 1.78. The van der Waals surface area contributed by atoms with Gasteiger partial charge in [0.1, 0.15) is 5.75 Å². The van der Waals surface area contributed by atoms with Crippen molar-refractivity contribution in [1.82, 2.24) is 14.5 Å². The zero-order valence-corrected chi connectivity index (χ0v) is 16.4. The molecular weight excluding hydrogens is 382 g/mol. The van der Waals surface area contributed by atoms with Crippen LogP contribution in [0.5, 0.6) is 5.75 Å². The Labute approximate surface area is 163 Å². The van der Waals surface area contributed by atoms with Gasteiger partial charge in [-0.2, -0.15) is 0 Å². The summed E-state index contributed by atoms with van der Waals surface area (Å²) in [4.78, 5) is 30.7. The average molecular weight is 405 g/mol. The topological polar surface area (TPSA) is 110 Å². The number of amides is 1. The van der Waals surface area contributed by atoms with Gasteiger partial charge in [-0.1, -0.05) is 6.07 Å². The monoisotopic (exact) mass is 405 g/mol. The third kappa shape index (κ3) is 4.78. The van der Waals surface area contributed by atoms with E-state index in [-0.39, 0.29) is 54.3 Å². The number of pyridine rings is 2. The van der Waals surface area contributed by atoms with E-state index in [9.17, 15) is 23.1 Å². The number of carbonyl (C=O) groups is 1. The Bertz CT molecular complexity index is 1020. The van der Waals surface area contributed by atoms with Gasteiger partial charge in [0.05, 0.1) is 11.5 Å². The molecule has 1 atom stereocenters. The first-order chi connectivity index (χ1) is 13.2. The van der Waals surface area contributed by atoms with Gasteiger partial charge in [0.25, 0.3) is 5.56 Å². The maximum absolute atomic E-state index is 13.0. The van der Waals surface area contributed by atoms with E-state index in [1.807, 2.05) is 6.07 Å². The molecular formula is C19H23N3O5S. The van der Waals surface area contributed by atoms with Gasteiger partial charge in [-0.3, -0.25) is 14.6 Å². The second-order valence-corrected chi connectivity index (χ2v) is 9.26. The summed E-state index contributed by atoms with van der Waals surface area (Å²) in [5, 5.41) is 9.49. The summed E-state index contributed by atoms with van der Waals surface area (Å²) < 4.78 is 25.2. The maximum atomic E-state index is 13.0. The van der Waals surface area contributed by atoms with Crippen LogP contribution in [-0.2, 0) is 27.7 Å². The molecule has 1 unspecified atom stereocenters. The zero-order valence-electron chi connectivity index (χ0n) is 15.6. The normalized spacial score (nSPS) is 18.1. The fourth-order valence-corrected chi connectivity index (χ4v) is 5.21. The molecule has 0 radical (unpaired) electrons. The first-order valence-corrected chi connectivity index (χ1v) is 10.9. The molecule has 1 aliphatic rings. The molecule has 0 saturated carbocycles. The van der Waals surface area contributed by atoms with Gasteiger partial charge in [0.15, 0.2) is 9.84 Å². The van der Waals surface area contributed by atoms with E-state index in [1.165, 1.54) is 10.6 Å². The number of carbonyl (C=O) groups excluding carboxylic acids is 1. The van der Waals surface area contributed by atoms with Crippen LogP contribution in [0.25, 0.3) is 0 Å². The van der Waals surface area contributed by atoms with Crippen LogP contribution in [0, 0.1) is 6.92 Å². The fraction of sp³-hybridized carbons (Fsp3) is 0.421. The zero-order chi connectivity index (χ0) is 20.3. The number of hydrogen-bond acceptors (Lipinski definition) is 6. The summed E-state index contributed by atoms with van der Waals surface area (Å²) in [5.74, 6) is -0.299. The Morgan fingerprint density at radius 2 is 2.18 bits per heavy atom. The summed E-state index contributed by atoms with van der Waals surface area (Å²) in [5.41, 5.74) is 0.991. The molecule has 1 N–H and O–H groups in total. The summed E-state index contributed by atoms with van der Waals surface area (Å²) in [6.07, 6.45) is 3.75. The molecule has 3 rings (SSSR count). The molecule has 1 saturated heterocycles. The third-order valence-corrected chi connectivity index (χ3v) is 6.66. The van der Waals surface area contributed by atoms with Crippen molar-refractivity contribution in [3.05, 3.63) is 58.3 Å². The van der Waals surface area contributed by atoms with Crippen LogP contribution >= 0.6 is 0 Å². The first kappa shape index (κ1) is 20.1. The molecule has 0 aromatic carbocycles. The number of nitrogens with zero attached hydrogens (tertiary/aromatic N) is 3. The number of aromatic hydroxyl groups is 1. The minimum Gasteiger partial charge on any atom is -0.508 e. The summed E-state index contributed by atoms with van der Waals surface area (Å²) >= 11 is 0.